The van der Waals surface area contributed by atoms with Crippen LogP contribution in [-0.2, 0) is 9.53 Å². The molecule has 7 nitrogen and oxygen atoms in total. The minimum absolute atomic E-state index is 0.00847. The number of nitrogens with zero attached hydrogens (tertiary/aromatic N) is 2. The number of amides is 2. The van der Waals surface area contributed by atoms with E-state index in [-0.39, 0.29) is 37.1 Å². The number of piperazine rings is 1. The van der Waals surface area contributed by atoms with Crippen LogP contribution in [0.4, 0.5) is 9.18 Å². The van der Waals surface area contributed by atoms with Crippen LogP contribution in [0, 0.1) is 5.82 Å². The molecule has 3 aromatic rings. The lowest BCUT2D eigenvalue weighted by Crippen LogP contribution is -2.53. The number of thiophene rings is 1. The summed E-state index contributed by atoms with van der Waals surface area (Å²) in [5.41, 5.74) is 1.55. The van der Waals surface area contributed by atoms with Gasteiger partial charge in [-0.1, -0.05) is 0 Å². The zero-order valence-electron chi connectivity index (χ0n) is 18.1. The molecular weight excluding hydrogens is 433 g/mol. The van der Waals surface area contributed by atoms with Crippen LogP contribution in [0.5, 0.6) is 0 Å². The van der Waals surface area contributed by atoms with Gasteiger partial charge in [0, 0.05) is 43.3 Å². The molecule has 2 aromatic heterocycles. The number of aromatic amines is 1. The van der Waals surface area contributed by atoms with E-state index in [2.05, 4.69) is 4.98 Å². The fourth-order valence-corrected chi connectivity index (χ4v) is 4.38. The lowest BCUT2D eigenvalue weighted by Gasteiger charge is -2.35. The average Bonchev–Trinajstić information content (AvgIpc) is 3.43. The number of Topliss-reactive ketones (excluding diaryl/α,β-unsaturated/α-hetero) is 1. The largest absolute Gasteiger partial charge is 0.444 e. The molecule has 1 saturated heterocycles. The van der Waals surface area contributed by atoms with Crippen molar-refractivity contribution in [3.8, 4) is 11.1 Å². The SMILES string of the molecule is CC(C)(C)OC(=O)N1CCN(C(=O)C(=O)c2c[nH]c3c(-c4ccsc4)ccc(F)c23)CC1. The minimum atomic E-state index is -0.775. The monoisotopic (exact) mass is 457 g/mol. The Morgan fingerprint density at radius 1 is 1.06 bits per heavy atom. The first-order valence-corrected chi connectivity index (χ1v) is 11.2. The molecule has 0 unspecified atom stereocenters. The molecule has 0 atom stereocenters. The topological polar surface area (TPSA) is 82.7 Å². The first kappa shape index (κ1) is 22.0. The van der Waals surface area contributed by atoms with E-state index in [1.807, 2.05) is 16.8 Å². The molecular formula is C23H24FN3O4S. The number of halogens is 1. The van der Waals surface area contributed by atoms with Gasteiger partial charge in [0.1, 0.15) is 11.4 Å². The van der Waals surface area contributed by atoms with E-state index in [4.69, 9.17) is 4.74 Å². The molecule has 1 fully saturated rings. The summed E-state index contributed by atoms with van der Waals surface area (Å²) in [5.74, 6) is -2.05. The number of rotatable bonds is 3. The summed E-state index contributed by atoms with van der Waals surface area (Å²) in [7, 11) is 0. The molecule has 0 spiro atoms. The van der Waals surface area contributed by atoms with Gasteiger partial charge in [-0.3, -0.25) is 9.59 Å². The van der Waals surface area contributed by atoms with Gasteiger partial charge in [-0.05, 0) is 55.3 Å². The fraction of sp³-hybridized carbons (Fsp3) is 0.348. The second-order valence-corrected chi connectivity index (χ2v) is 9.43. The lowest BCUT2D eigenvalue weighted by molar-refractivity contribution is -0.128. The van der Waals surface area contributed by atoms with Crippen molar-refractivity contribution in [3.63, 3.8) is 0 Å². The van der Waals surface area contributed by atoms with Crippen LogP contribution in [0.2, 0.25) is 0 Å². The summed E-state index contributed by atoms with van der Waals surface area (Å²) in [6.07, 6.45) is 0.941. The van der Waals surface area contributed by atoms with Crippen LogP contribution in [0.25, 0.3) is 22.0 Å². The van der Waals surface area contributed by atoms with Gasteiger partial charge in [0.05, 0.1) is 11.1 Å². The fourth-order valence-electron chi connectivity index (χ4n) is 3.72. The van der Waals surface area contributed by atoms with E-state index in [1.54, 1.807) is 26.8 Å². The predicted molar refractivity (Wildman–Crippen MR) is 120 cm³/mol. The zero-order valence-corrected chi connectivity index (χ0v) is 18.9. The molecule has 9 heteroatoms. The van der Waals surface area contributed by atoms with Crippen LogP contribution in [-0.4, -0.2) is 64.3 Å². The van der Waals surface area contributed by atoms with E-state index >= 15 is 0 Å². The van der Waals surface area contributed by atoms with Crippen LogP contribution < -0.4 is 0 Å². The first-order chi connectivity index (χ1) is 15.2. The summed E-state index contributed by atoms with van der Waals surface area (Å²) in [6, 6.07) is 4.88. The maximum absolute atomic E-state index is 14.7. The third-order valence-electron chi connectivity index (χ3n) is 5.27. The van der Waals surface area contributed by atoms with Crippen molar-refractivity contribution in [3.05, 3.63) is 46.5 Å². The Kier molecular flexibility index (Phi) is 5.77. The Hall–Kier alpha value is -3.20. The summed E-state index contributed by atoms with van der Waals surface area (Å²) in [4.78, 5) is 44.0. The van der Waals surface area contributed by atoms with Gasteiger partial charge in [0.15, 0.2) is 0 Å². The van der Waals surface area contributed by atoms with Crippen LogP contribution >= 0.6 is 11.3 Å². The highest BCUT2D eigenvalue weighted by Crippen LogP contribution is 2.33. The standard InChI is InChI=1S/C23H24FN3O4S/c1-23(2,3)31-22(30)27-9-7-26(8-10-27)21(29)20(28)16-12-25-19-15(14-6-11-32-13-14)4-5-17(24)18(16)19/h4-6,11-13,25H,7-10H2,1-3H3. The normalized spacial score (nSPS) is 14.6. The van der Waals surface area contributed by atoms with Gasteiger partial charge in [-0.2, -0.15) is 11.3 Å². The number of fused-ring (bicyclic) bond motifs is 1. The average molecular weight is 458 g/mol. The lowest BCUT2D eigenvalue weighted by atomic mass is 10.0. The third kappa shape index (κ3) is 4.25. The molecule has 0 bridgehead atoms. The van der Waals surface area contributed by atoms with Gasteiger partial charge in [-0.25, -0.2) is 9.18 Å². The van der Waals surface area contributed by atoms with Gasteiger partial charge in [0.2, 0.25) is 0 Å². The number of ether oxygens (including phenoxy) is 1. The van der Waals surface area contributed by atoms with Crippen LogP contribution in [0.1, 0.15) is 31.1 Å². The van der Waals surface area contributed by atoms with Gasteiger partial charge >= 0.3 is 6.09 Å². The van der Waals surface area contributed by atoms with Crippen molar-refractivity contribution < 1.29 is 23.5 Å². The number of nitrogens with one attached hydrogen (secondary N) is 1. The maximum atomic E-state index is 14.7. The Bertz CT molecular complexity index is 1170. The number of H-pyrrole nitrogens is 1. The van der Waals surface area contributed by atoms with E-state index < -0.39 is 29.2 Å². The van der Waals surface area contributed by atoms with E-state index in [9.17, 15) is 18.8 Å². The molecule has 0 radical (unpaired) electrons. The highest BCUT2D eigenvalue weighted by Gasteiger charge is 2.32. The second-order valence-electron chi connectivity index (χ2n) is 8.65. The Balaban J connectivity index is 1.51. The van der Waals surface area contributed by atoms with Crippen molar-refractivity contribution >= 4 is 40.0 Å². The number of benzene rings is 1. The summed E-state index contributed by atoms with van der Waals surface area (Å²) < 4.78 is 20.0. The molecule has 1 aliphatic heterocycles. The number of carbonyl (C=O) groups is 3. The molecule has 0 aliphatic carbocycles. The summed E-state index contributed by atoms with van der Waals surface area (Å²) in [5, 5.41) is 3.96. The number of aromatic nitrogens is 1. The zero-order chi connectivity index (χ0) is 23.0. The predicted octanol–water partition coefficient (Wildman–Crippen LogP) is 4.30. The van der Waals surface area contributed by atoms with Crippen molar-refractivity contribution in [2.75, 3.05) is 26.2 Å². The van der Waals surface area contributed by atoms with E-state index in [0.717, 1.165) is 11.1 Å². The molecule has 4 rings (SSSR count). The van der Waals surface area contributed by atoms with Crippen molar-refractivity contribution in [1.29, 1.82) is 0 Å². The first-order valence-electron chi connectivity index (χ1n) is 10.3. The Morgan fingerprint density at radius 2 is 1.75 bits per heavy atom. The van der Waals surface area contributed by atoms with Gasteiger partial charge < -0.3 is 19.5 Å². The third-order valence-corrected chi connectivity index (χ3v) is 5.96. The van der Waals surface area contributed by atoms with Crippen molar-refractivity contribution in [2.45, 2.75) is 26.4 Å². The maximum Gasteiger partial charge on any atom is 0.410 e. The molecule has 1 aliphatic rings. The summed E-state index contributed by atoms with van der Waals surface area (Å²) >= 11 is 1.52. The number of hydrogen-bond donors (Lipinski definition) is 1. The van der Waals surface area contributed by atoms with Crippen molar-refractivity contribution in [2.24, 2.45) is 0 Å². The smallest absolute Gasteiger partial charge is 0.410 e. The molecule has 168 valence electrons. The van der Waals surface area contributed by atoms with Crippen LogP contribution in [0.15, 0.2) is 35.2 Å². The summed E-state index contributed by atoms with van der Waals surface area (Å²) in [6.45, 7) is 6.29. The highest BCUT2D eigenvalue weighted by atomic mass is 32.1. The second kappa shape index (κ2) is 8.38. The minimum Gasteiger partial charge on any atom is -0.444 e. The molecule has 1 N–H and O–H groups in total. The van der Waals surface area contributed by atoms with Crippen LogP contribution in [0.3, 0.4) is 0 Å². The number of ketones is 1. The Labute approximate surface area is 188 Å². The quantitative estimate of drug-likeness (QED) is 0.470. The molecule has 3 heterocycles. The van der Waals surface area contributed by atoms with Gasteiger partial charge in [-0.15, -0.1) is 0 Å². The molecule has 32 heavy (non-hydrogen) atoms. The van der Waals surface area contributed by atoms with Crippen molar-refractivity contribution in [1.82, 2.24) is 14.8 Å². The van der Waals surface area contributed by atoms with E-state index in [1.165, 1.54) is 33.4 Å². The molecule has 2 amide bonds. The number of carbonyl (C=O) groups excluding carboxylic acids is 3. The molecule has 0 saturated carbocycles. The highest BCUT2D eigenvalue weighted by molar-refractivity contribution is 7.08. The van der Waals surface area contributed by atoms with E-state index in [0.29, 0.717) is 5.52 Å². The number of hydrogen-bond acceptors (Lipinski definition) is 5. The Morgan fingerprint density at radius 3 is 2.38 bits per heavy atom. The molecule has 1 aromatic carbocycles. The van der Waals surface area contributed by atoms with Gasteiger partial charge in [0.25, 0.3) is 11.7 Å².